The van der Waals surface area contributed by atoms with Crippen molar-refractivity contribution in [3.05, 3.63) is 50.2 Å². The van der Waals surface area contributed by atoms with E-state index in [0.29, 0.717) is 22.3 Å². The molecule has 23 heavy (non-hydrogen) atoms. The summed E-state index contributed by atoms with van der Waals surface area (Å²) in [6, 6.07) is 7.59. The molecule has 2 aromatic rings. The van der Waals surface area contributed by atoms with Gasteiger partial charge in [0.1, 0.15) is 5.82 Å². The number of thioether (sulfide) groups is 1. The third kappa shape index (κ3) is 3.33. The van der Waals surface area contributed by atoms with Gasteiger partial charge in [-0.3, -0.25) is 9.59 Å². The highest BCUT2D eigenvalue weighted by Gasteiger charge is 2.30. The first-order chi connectivity index (χ1) is 11.1. The lowest BCUT2D eigenvalue weighted by Crippen LogP contribution is -2.31. The lowest BCUT2D eigenvalue weighted by atomic mass is 9.87. The molecule has 0 radical (unpaired) electrons. The van der Waals surface area contributed by atoms with E-state index in [1.807, 2.05) is 24.3 Å². The molecule has 3 rings (SSSR count). The molecular formula is C16H12BrN3O2S. The Kier molecular flexibility index (Phi) is 4.55. The van der Waals surface area contributed by atoms with Crippen LogP contribution in [0, 0.1) is 12.3 Å². The Labute approximate surface area is 145 Å². The first-order valence-electron chi connectivity index (χ1n) is 6.84. The number of hydrogen-bond acceptors (Lipinski definition) is 4. The van der Waals surface area contributed by atoms with Crippen LogP contribution in [0.2, 0.25) is 0 Å². The number of hydrogen-bond donors (Lipinski definition) is 2. The topological polar surface area (TPSA) is 74.8 Å². The number of benzene rings is 1. The molecule has 1 aliphatic heterocycles. The maximum atomic E-state index is 12.5. The van der Waals surface area contributed by atoms with Gasteiger partial charge in [-0.25, -0.2) is 4.98 Å². The number of carbonyl (C=O) groups excluding carboxylic acids is 1. The summed E-state index contributed by atoms with van der Waals surface area (Å²) in [5, 5.41) is 3.09. The van der Waals surface area contributed by atoms with Crippen LogP contribution in [-0.2, 0) is 4.79 Å². The molecule has 1 aromatic heterocycles. The highest BCUT2D eigenvalue weighted by molar-refractivity contribution is 9.10. The summed E-state index contributed by atoms with van der Waals surface area (Å²) in [4.78, 5) is 31.6. The highest BCUT2D eigenvalue weighted by Crippen LogP contribution is 2.35. The predicted octanol–water partition coefficient (Wildman–Crippen LogP) is 2.73. The standard InChI is InChI=1S/C16H12BrN3O2S/c1-2-6-23-16-19-14-13(15(22)20-16)11(8-12(21)18-14)9-4-3-5-10(17)7-9/h1,3-5,7,11H,6,8H2,(H2,18,19,20,21,22)/t11-/m1/s1. The average Bonchev–Trinajstić information content (AvgIpc) is 2.51. The van der Waals surface area contributed by atoms with Crippen LogP contribution in [-0.4, -0.2) is 21.6 Å². The van der Waals surface area contributed by atoms with Crippen molar-refractivity contribution in [3.8, 4) is 12.3 Å². The van der Waals surface area contributed by atoms with E-state index < -0.39 is 0 Å². The first-order valence-corrected chi connectivity index (χ1v) is 8.62. The van der Waals surface area contributed by atoms with Gasteiger partial charge in [-0.15, -0.1) is 6.42 Å². The van der Waals surface area contributed by atoms with Gasteiger partial charge < -0.3 is 10.3 Å². The van der Waals surface area contributed by atoms with Crippen LogP contribution in [0.25, 0.3) is 0 Å². The average molecular weight is 390 g/mol. The van der Waals surface area contributed by atoms with Crippen molar-refractivity contribution in [1.82, 2.24) is 9.97 Å². The van der Waals surface area contributed by atoms with Crippen molar-refractivity contribution in [2.75, 3.05) is 11.1 Å². The van der Waals surface area contributed by atoms with E-state index in [1.165, 1.54) is 11.8 Å². The van der Waals surface area contributed by atoms with Crippen molar-refractivity contribution in [2.24, 2.45) is 0 Å². The van der Waals surface area contributed by atoms with Gasteiger partial charge in [-0.1, -0.05) is 45.7 Å². The molecule has 1 atom stereocenters. The molecular weight excluding hydrogens is 378 g/mol. The molecule has 1 aromatic carbocycles. The number of rotatable bonds is 3. The monoisotopic (exact) mass is 389 g/mol. The minimum atomic E-state index is -0.320. The summed E-state index contributed by atoms with van der Waals surface area (Å²) in [7, 11) is 0. The Morgan fingerprint density at radius 3 is 3.00 bits per heavy atom. The van der Waals surface area contributed by atoms with Gasteiger partial charge in [0, 0.05) is 16.8 Å². The Bertz CT molecular complexity index is 872. The largest absolute Gasteiger partial charge is 0.310 e. The molecule has 1 aliphatic rings. The molecule has 0 fully saturated rings. The molecule has 7 heteroatoms. The Balaban J connectivity index is 2.09. The number of terminal acetylenes is 1. The van der Waals surface area contributed by atoms with E-state index in [4.69, 9.17) is 6.42 Å². The Hall–Kier alpha value is -2.04. The van der Waals surface area contributed by atoms with E-state index in [2.05, 4.69) is 37.1 Å². The van der Waals surface area contributed by atoms with Crippen LogP contribution in [0.3, 0.4) is 0 Å². The minimum absolute atomic E-state index is 0.159. The number of fused-ring (bicyclic) bond motifs is 1. The van der Waals surface area contributed by atoms with Gasteiger partial charge in [-0.05, 0) is 17.7 Å². The van der Waals surface area contributed by atoms with Gasteiger partial charge >= 0.3 is 0 Å². The molecule has 0 spiro atoms. The van der Waals surface area contributed by atoms with Crippen molar-refractivity contribution in [3.63, 3.8) is 0 Å². The molecule has 0 saturated heterocycles. The summed E-state index contributed by atoms with van der Waals surface area (Å²) in [5.74, 6) is 2.70. The molecule has 0 bridgehead atoms. The predicted molar refractivity (Wildman–Crippen MR) is 93.6 cm³/mol. The number of halogens is 1. The van der Waals surface area contributed by atoms with Crippen LogP contribution in [0.4, 0.5) is 5.82 Å². The summed E-state index contributed by atoms with van der Waals surface area (Å²) in [5.41, 5.74) is 1.12. The zero-order chi connectivity index (χ0) is 16.4. The fourth-order valence-corrected chi connectivity index (χ4v) is 3.49. The van der Waals surface area contributed by atoms with E-state index in [0.717, 1.165) is 10.0 Å². The number of aromatic amines is 1. The van der Waals surface area contributed by atoms with E-state index in [9.17, 15) is 9.59 Å². The van der Waals surface area contributed by atoms with Gasteiger partial charge in [0.25, 0.3) is 5.56 Å². The number of nitrogens with one attached hydrogen (secondary N) is 2. The van der Waals surface area contributed by atoms with Crippen molar-refractivity contribution in [2.45, 2.75) is 17.5 Å². The van der Waals surface area contributed by atoms with Crippen LogP contribution in [0.5, 0.6) is 0 Å². The molecule has 1 amide bonds. The van der Waals surface area contributed by atoms with Crippen molar-refractivity contribution < 1.29 is 4.79 Å². The molecule has 0 saturated carbocycles. The van der Waals surface area contributed by atoms with Gasteiger partial charge in [0.2, 0.25) is 5.91 Å². The summed E-state index contributed by atoms with van der Waals surface area (Å²) >= 11 is 4.66. The zero-order valence-electron chi connectivity index (χ0n) is 11.9. The van der Waals surface area contributed by atoms with E-state index >= 15 is 0 Å². The second kappa shape index (κ2) is 6.60. The number of anilines is 1. The maximum absolute atomic E-state index is 12.5. The molecule has 2 heterocycles. The van der Waals surface area contributed by atoms with E-state index in [-0.39, 0.29) is 23.8 Å². The number of carbonyl (C=O) groups is 1. The molecule has 116 valence electrons. The molecule has 0 aliphatic carbocycles. The van der Waals surface area contributed by atoms with Crippen LogP contribution in [0.15, 0.2) is 38.7 Å². The fourth-order valence-electron chi connectivity index (χ4n) is 2.54. The summed E-state index contributed by atoms with van der Waals surface area (Å²) in [6.07, 6.45) is 5.44. The zero-order valence-corrected chi connectivity index (χ0v) is 14.3. The Morgan fingerprint density at radius 2 is 2.26 bits per heavy atom. The third-order valence-electron chi connectivity index (χ3n) is 3.47. The van der Waals surface area contributed by atoms with Crippen molar-refractivity contribution >= 4 is 39.4 Å². The quantitative estimate of drug-likeness (QED) is 0.480. The Morgan fingerprint density at radius 1 is 1.43 bits per heavy atom. The number of H-pyrrole nitrogens is 1. The van der Waals surface area contributed by atoms with Crippen LogP contribution >= 0.6 is 27.7 Å². The molecule has 0 unspecified atom stereocenters. The first kappa shape index (κ1) is 15.8. The number of amides is 1. The second-order valence-corrected chi connectivity index (χ2v) is 6.87. The van der Waals surface area contributed by atoms with E-state index in [1.54, 1.807) is 0 Å². The maximum Gasteiger partial charge on any atom is 0.257 e. The van der Waals surface area contributed by atoms with Crippen LogP contribution in [0.1, 0.15) is 23.5 Å². The van der Waals surface area contributed by atoms with Gasteiger partial charge in [-0.2, -0.15) is 0 Å². The van der Waals surface area contributed by atoms with Gasteiger partial charge in [0.05, 0.1) is 11.3 Å². The fraction of sp³-hybridized carbons (Fsp3) is 0.188. The lowest BCUT2D eigenvalue weighted by Gasteiger charge is -2.24. The summed E-state index contributed by atoms with van der Waals surface area (Å²) in [6.45, 7) is 0. The smallest absolute Gasteiger partial charge is 0.257 e. The number of nitrogens with zero attached hydrogens (tertiary/aromatic N) is 1. The molecule has 5 nitrogen and oxygen atoms in total. The lowest BCUT2D eigenvalue weighted by molar-refractivity contribution is -0.116. The third-order valence-corrected chi connectivity index (χ3v) is 4.74. The minimum Gasteiger partial charge on any atom is -0.310 e. The summed E-state index contributed by atoms with van der Waals surface area (Å²) < 4.78 is 0.896. The highest BCUT2D eigenvalue weighted by atomic mass is 79.9. The number of aromatic nitrogens is 2. The van der Waals surface area contributed by atoms with Gasteiger partial charge in [0.15, 0.2) is 5.16 Å². The molecule has 2 N–H and O–H groups in total. The second-order valence-electron chi connectivity index (χ2n) is 4.99. The normalized spacial score (nSPS) is 16.3. The van der Waals surface area contributed by atoms with Crippen molar-refractivity contribution in [1.29, 1.82) is 0 Å². The van der Waals surface area contributed by atoms with Crippen LogP contribution < -0.4 is 10.9 Å². The SMILES string of the molecule is C#CCSc1nc2c(c(=O)[nH]1)[C@@H](c1cccc(Br)c1)CC(=O)N2.